The molecule has 2 saturated carbocycles. The molecule has 2 atom stereocenters. The second-order valence-corrected chi connectivity index (χ2v) is 10.8. The van der Waals surface area contributed by atoms with Crippen LogP contribution in [0.3, 0.4) is 0 Å². The van der Waals surface area contributed by atoms with E-state index in [2.05, 4.69) is 10.5 Å². The van der Waals surface area contributed by atoms with Gasteiger partial charge < -0.3 is 10.2 Å². The number of nitro benzene ring substituents is 1. The van der Waals surface area contributed by atoms with E-state index in [0.29, 0.717) is 35.7 Å². The highest BCUT2D eigenvalue weighted by Crippen LogP contribution is 2.71. The van der Waals surface area contributed by atoms with E-state index in [1.165, 1.54) is 12.1 Å². The number of anilines is 1. The Morgan fingerprint density at radius 1 is 1.09 bits per heavy atom. The van der Waals surface area contributed by atoms with Crippen molar-refractivity contribution in [1.82, 2.24) is 0 Å². The predicted molar refractivity (Wildman–Crippen MR) is 134 cm³/mol. The van der Waals surface area contributed by atoms with E-state index in [9.17, 15) is 19.7 Å². The lowest BCUT2D eigenvalue weighted by molar-refractivity contribution is -0.384. The van der Waals surface area contributed by atoms with Crippen LogP contribution in [-0.4, -0.2) is 22.5 Å². The number of halogens is 2. The predicted octanol–water partition coefficient (Wildman–Crippen LogP) is 6.58. The Kier molecular flexibility index (Phi) is 6.18. The number of benzene rings is 2. The highest BCUT2D eigenvalue weighted by atomic mass is 35.5. The normalized spacial score (nSPS) is 25.5. The molecule has 1 N–H and O–H groups in total. The molecule has 184 valence electrons. The van der Waals surface area contributed by atoms with Gasteiger partial charge in [0.05, 0.1) is 21.6 Å². The van der Waals surface area contributed by atoms with Gasteiger partial charge in [-0.2, -0.15) is 0 Å². The maximum absolute atomic E-state index is 13.6. The van der Waals surface area contributed by atoms with Crippen LogP contribution in [0.1, 0.15) is 56.0 Å². The first kappa shape index (κ1) is 25.1. The molecular weight excluding hydrogens is 493 g/mol. The summed E-state index contributed by atoms with van der Waals surface area (Å²) < 4.78 is 0. The zero-order valence-corrected chi connectivity index (χ0v) is 21.3. The smallest absolute Gasteiger partial charge is 0.326 e. The van der Waals surface area contributed by atoms with E-state index in [-0.39, 0.29) is 16.5 Å². The minimum atomic E-state index is -0.839. The fourth-order valence-corrected chi connectivity index (χ4v) is 5.74. The molecule has 2 fully saturated rings. The average Bonchev–Trinajstić information content (AvgIpc) is 3.10. The van der Waals surface area contributed by atoms with Crippen LogP contribution < -0.4 is 5.32 Å². The lowest BCUT2D eigenvalue weighted by Gasteiger charge is -2.39. The second kappa shape index (κ2) is 8.60. The first-order chi connectivity index (χ1) is 16.3. The van der Waals surface area contributed by atoms with Crippen LogP contribution in [0, 0.1) is 33.3 Å². The fraction of sp³-hybridized carbons (Fsp3) is 0.400. The third kappa shape index (κ3) is 3.89. The van der Waals surface area contributed by atoms with E-state index >= 15 is 0 Å². The molecule has 2 aliphatic carbocycles. The summed E-state index contributed by atoms with van der Waals surface area (Å²) in [6, 6.07) is 9.05. The van der Waals surface area contributed by atoms with Crippen LogP contribution in [0.15, 0.2) is 41.6 Å². The van der Waals surface area contributed by atoms with Crippen molar-refractivity contribution in [1.29, 1.82) is 0 Å². The SMILES string of the molecule is Cc1ccc(NC(=O)C23CCC(C)(C(=NOC(=O)c4ccc(Cl)c([N+](=O)[O-])c4)C2)C3(C)C)cc1Cl. The van der Waals surface area contributed by atoms with Crippen LogP contribution in [0.25, 0.3) is 0 Å². The Morgan fingerprint density at radius 2 is 1.80 bits per heavy atom. The number of hydrogen-bond acceptors (Lipinski definition) is 6. The van der Waals surface area contributed by atoms with Crippen molar-refractivity contribution in [3.63, 3.8) is 0 Å². The number of nitro groups is 1. The van der Waals surface area contributed by atoms with Crippen LogP contribution in [0.2, 0.25) is 10.0 Å². The minimum Gasteiger partial charge on any atom is -0.326 e. The molecule has 2 aliphatic rings. The van der Waals surface area contributed by atoms with Crippen molar-refractivity contribution < 1.29 is 19.3 Å². The zero-order chi connectivity index (χ0) is 25.8. The van der Waals surface area contributed by atoms with Crippen molar-refractivity contribution in [2.45, 2.75) is 47.0 Å². The van der Waals surface area contributed by atoms with Crippen molar-refractivity contribution in [2.24, 2.45) is 21.4 Å². The summed E-state index contributed by atoms with van der Waals surface area (Å²) in [4.78, 5) is 41.8. The number of aryl methyl sites for hydroxylation is 1. The molecule has 2 aromatic carbocycles. The van der Waals surface area contributed by atoms with Gasteiger partial charge in [0.1, 0.15) is 5.02 Å². The molecule has 2 unspecified atom stereocenters. The van der Waals surface area contributed by atoms with Gasteiger partial charge in [-0.1, -0.05) is 55.2 Å². The van der Waals surface area contributed by atoms with Gasteiger partial charge in [-0.3, -0.25) is 14.9 Å². The minimum absolute atomic E-state index is 0.0401. The standard InChI is InChI=1S/C25H25Cl2N3O5/c1-14-5-7-16(12-18(14)27)28-22(32)25-10-9-24(4,23(25,2)3)20(13-25)29-35-21(31)15-6-8-17(26)19(11-15)30(33)34/h5-8,11-12H,9-10,13H2,1-4H3,(H,28,32). The molecule has 0 radical (unpaired) electrons. The van der Waals surface area contributed by atoms with Gasteiger partial charge in [0.2, 0.25) is 5.91 Å². The maximum atomic E-state index is 13.6. The Labute approximate surface area is 212 Å². The van der Waals surface area contributed by atoms with Gasteiger partial charge >= 0.3 is 5.97 Å². The van der Waals surface area contributed by atoms with Crippen molar-refractivity contribution in [3.05, 3.63) is 67.7 Å². The van der Waals surface area contributed by atoms with Gasteiger partial charge in [-0.15, -0.1) is 0 Å². The number of carbonyl (C=O) groups excluding carboxylic acids is 2. The molecule has 0 spiro atoms. The molecule has 35 heavy (non-hydrogen) atoms. The molecular formula is C25H25Cl2N3O5. The molecule has 1 amide bonds. The molecule has 0 aromatic heterocycles. The Balaban J connectivity index is 1.58. The van der Waals surface area contributed by atoms with Crippen LogP contribution in [0.5, 0.6) is 0 Å². The summed E-state index contributed by atoms with van der Waals surface area (Å²) in [5, 5.41) is 18.8. The number of hydrogen-bond donors (Lipinski definition) is 1. The van der Waals surface area contributed by atoms with Crippen molar-refractivity contribution in [3.8, 4) is 0 Å². The quantitative estimate of drug-likeness (QED) is 0.273. The van der Waals surface area contributed by atoms with Crippen LogP contribution >= 0.6 is 23.2 Å². The van der Waals surface area contributed by atoms with Gasteiger partial charge in [0.15, 0.2) is 0 Å². The summed E-state index contributed by atoms with van der Waals surface area (Å²) in [6.07, 6.45) is 1.69. The monoisotopic (exact) mass is 517 g/mol. The van der Waals surface area contributed by atoms with Crippen molar-refractivity contribution in [2.75, 3.05) is 5.32 Å². The van der Waals surface area contributed by atoms with Crippen LogP contribution in [0.4, 0.5) is 11.4 Å². The number of rotatable bonds is 5. The van der Waals surface area contributed by atoms with E-state index < -0.39 is 32.8 Å². The summed E-state index contributed by atoms with van der Waals surface area (Å²) in [5.74, 6) is -0.967. The summed E-state index contributed by atoms with van der Waals surface area (Å²) in [6.45, 7) is 7.99. The van der Waals surface area contributed by atoms with Crippen LogP contribution in [-0.2, 0) is 9.63 Å². The highest BCUT2D eigenvalue weighted by Gasteiger charge is 2.71. The van der Waals surface area contributed by atoms with Gasteiger partial charge in [0, 0.05) is 28.6 Å². The number of carbonyl (C=O) groups is 2. The number of nitrogens with one attached hydrogen (secondary N) is 1. The molecule has 2 aromatic rings. The van der Waals surface area contributed by atoms with E-state index in [4.69, 9.17) is 28.0 Å². The van der Waals surface area contributed by atoms with E-state index in [1.54, 1.807) is 6.07 Å². The largest absolute Gasteiger partial charge is 0.365 e. The summed E-state index contributed by atoms with van der Waals surface area (Å²) >= 11 is 12.1. The molecule has 0 saturated heterocycles. The van der Waals surface area contributed by atoms with Gasteiger partial charge in [-0.25, -0.2) is 4.79 Å². The lowest BCUT2D eigenvalue weighted by Crippen LogP contribution is -2.43. The summed E-state index contributed by atoms with van der Waals surface area (Å²) in [5.41, 5.74) is 0.0247. The highest BCUT2D eigenvalue weighted by molar-refractivity contribution is 6.32. The third-order valence-electron chi connectivity index (χ3n) is 8.22. The fourth-order valence-electron chi connectivity index (χ4n) is 5.37. The molecule has 4 rings (SSSR count). The Bertz CT molecular complexity index is 1290. The number of oxime groups is 1. The molecule has 0 aliphatic heterocycles. The Morgan fingerprint density at radius 3 is 2.46 bits per heavy atom. The van der Waals surface area contributed by atoms with E-state index in [1.807, 2.05) is 39.8 Å². The third-order valence-corrected chi connectivity index (χ3v) is 8.94. The zero-order valence-electron chi connectivity index (χ0n) is 19.8. The number of nitrogens with zero attached hydrogens (tertiary/aromatic N) is 2. The average molecular weight is 518 g/mol. The van der Waals surface area contributed by atoms with Crippen molar-refractivity contribution >= 4 is 52.2 Å². The lowest BCUT2D eigenvalue weighted by atomic mass is 9.64. The maximum Gasteiger partial charge on any atom is 0.365 e. The molecule has 0 heterocycles. The molecule has 10 heteroatoms. The first-order valence-corrected chi connectivity index (χ1v) is 11.9. The first-order valence-electron chi connectivity index (χ1n) is 11.1. The van der Waals surface area contributed by atoms with E-state index in [0.717, 1.165) is 11.6 Å². The topological polar surface area (TPSA) is 111 Å². The number of amides is 1. The summed E-state index contributed by atoms with van der Waals surface area (Å²) in [7, 11) is 0. The Hall–Kier alpha value is -2.97. The molecule has 8 nitrogen and oxygen atoms in total. The van der Waals surface area contributed by atoms with Gasteiger partial charge in [0.25, 0.3) is 5.69 Å². The van der Waals surface area contributed by atoms with Gasteiger partial charge in [-0.05, 0) is 55.0 Å². The number of fused-ring (bicyclic) bond motifs is 2. The molecule has 2 bridgehead atoms. The second-order valence-electron chi connectivity index (χ2n) is 9.97.